The van der Waals surface area contributed by atoms with E-state index in [0.29, 0.717) is 5.13 Å². The summed E-state index contributed by atoms with van der Waals surface area (Å²) in [4.78, 5) is 18.4. The van der Waals surface area contributed by atoms with Crippen LogP contribution in [0.25, 0.3) is 0 Å². The number of benzene rings is 1. The highest BCUT2D eigenvalue weighted by Crippen LogP contribution is 2.30. The molecule has 22 heavy (non-hydrogen) atoms. The average Bonchev–Trinajstić information content (AvgIpc) is 2.76. The standard InChI is InChI=1S/C17H21N3OS/c1-17(18,12-8-4-2-5-9-12)15(21)20-16-19-13-10-6-3-7-11-14(13)22-16/h2,4-5,8-9H,3,6-7,10-11,18H2,1H3,(H,19,20,21). The lowest BCUT2D eigenvalue weighted by atomic mass is 9.92. The summed E-state index contributed by atoms with van der Waals surface area (Å²) in [6, 6.07) is 9.43. The van der Waals surface area contributed by atoms with Crippen LogP contribution in [0.2, 0.25) is 0 Å². The molecule has 1 aliphatic carbocycles. The van der Waals surface area contributed by atoms with Gasteiger partial charge in [-0.3, -0.25) is 4.79 Å². The molecule has 1 heterocycles. The number of nitrogens with zero attached hydrogens (tertiary/aromatic N) is 1. The van der Waals surface area contributed by atoms with Crippen molar-refractivity contribution in [1.29, 1.82) is 0 Å². The molecule has 3 N–H and O–H groups in total. The zero-order valence-electron chi connectivity index (χ0n) is 12.8. The number of hydrogen-bond acceptors (Lipinski definition) is 4. The number of carbonyl (C=O) groups is 1. The topological polar surface area (TPSA) is 68.0 Å². The molecule has 0 spiro atoms. The van der Waals surface area contributed by atoms with Crippen LogP contribution in [0, 0.1) is 0 Å². The zero-order valence-corrected chi connectivity index (χ0v) is 13.6. The van der Waals surface area contributed by atoms with Gasteiger partial charge in [-0.05, 0) is 38.2 Å². The van der Waals surface area contributed by atoms with E-state index in [1.54, 1.807) is 18.3 Å². The molecule has 1 amide bonds. The number of aryl methyl sites for hydroxylation is 2. The van der Waals surface area contributed by atoms with Crippen molar-refractivity contribution in [2.45, 2.75) is 44.6 Å². The normalized spacial score (nSPS) is 17.2. The van der Waals surface area contributed by atoms with Crippen molar-refractivity contribution < 1.29 is 4.79 Å². The van der Waals surface area contributed by atoms with Crippen molar-refractivity contribution in [3.8, 4) is 0 Å². The van der Waals surface area contributed by atoms with Crippen molar-refractivity contribution in [3.63, 3.8) is 0 Å². The smallest absolute Gasteiger partial charge is 0.250 e. The first kappa shape index (κ1) is 15.2. The van der Waals surface area contributed by atoms with Gasteiger partial charge in [0.25, 0.3) is 5.91 Å². The van der Waals surface area contributed by atoms with Gasteiger partial charge in [0.1, 0.15) is 5.54 Å². The minimum absolute atomic E-state index is 0.220. The minimum Gasteiger partial charge on any atom is -0.314 e. The highest BCUT2D eigenvalue weighted by atomic mass is 32.1. The van der Waals surface area contributed by atoms with Gasteiger partial charge in [-0.1, -0.05) is 36.8 Å². The molecule has 0 bridgehead atoms. The molecule has 1 aromatic carbocycles. The third kappa shape index (κ3) is 3.05. The second-order valence-electron chi connectivity index (χ2n) is 5.97. The fourth-order valence-corrected chi connectivity index (χ4v) is 3.77. The lowest BCUT2D eigenvalue weighted by Crippen LogP contribution is -2.45. The predicted molar refractivity (Wildman–Crippen MR) is 90.0 cm³/mol. The molecule has 4 nitrogen and oxygen atoms in total. The Morgan fingerprint density at radius 1 is 1.23 bits per heavy atom. The first-order valence-corrected chi connectivity index (χ1v) is 8.53. The third-order valence-electron chi connectivity index (χ3n) is 4.16. The summed E-state index contributed by atoms with van der Waals surface area (Å²) in [5.41, 5.74) is 7.12. The van der Waals surface area contributed by atoms with E-state index in [-0.39, 0.29) is 5.91 Å². The van der Waals surface area contributed by atoms with Crippen LogP contribution < -0.4 is 11.1 Å². The van der Waals surface area contributed by atoms with Gasteiger partial charge < -0.3 is 11.1 Å². The number of hydrogen-bond donors (Lipinski definition) is 2. The van der Waals surface area contributed by atoms with E-state index in [1.807, 2.05) is 30.3 Å². The number of aromatic nitrogens is 1. The number of thiazole rings is 1. The number of carbonyl (C=O) groups excluding carboxylic acids is 1. The Morgan fingerprint density at radius 3 is 2.73 bits per heavy atom. The second-order valence-corrected chi connectivity index (χ2v) is 7.06. The number of fused-ring (bicyclic) bond motifs is 1. The SMILES string of the molecule is CC(N)(C(=O)Nc1nc2c(s1)CCCCC2)c1ccccc1. The van der Waals surface area contributed by atoms with E-state index < -0.39 is 5.54 Å². The lowest BCUT2D eigenvalue weighted by Gasteiger charge is -2.23. The predicted octanol–water partition coefficient (Wildman–Crippen LogP) is 3.22. The molecule has 0 saturated heterocycles. The van der Waals surface area contributed by atoms with Crippen LogP contribution in [0.5, 0.6) is 0 Å². The Morgan fingerprint density at radius 2 is 1.95 bits per heavy atom. The molecule has 0 saturated carbocycles. The van der Waals surface area contributed by atoms with Crippen molar-refractivity contribution in [3.05, 3.63) is 46.5 Å². The van der Waals surface area contributed by atoms with Crippen LogP contribution in [-0.4, -0.2) is 10.9 Å². The Bertz CT molecular complexity index is 640. The molecular formula is C17H21N3OS. The molecule has 0 aliphatic heterocycles. The van der Waals surface area contributed by atoms with Gasteiger partial charge in [0.05, 0.1) is 5.69 Å². The van der Waals surface area contributed by atoms with Gasteiger partial charge >= 0.3 is 0 Å². The first-order chi connectivity index (χ1) is 10.6. The highest BCUT2D eigenvalue weighted by Gasteiger charge is 2.31. The van der Waals surface area contributed by atoms with Gasteiger partial charge in [0, 0.05) is 4.88 Å². The van der Waals surface area contributed by atoms with E-state index in [1.165, 1.54) is 24.1 Å². The van der Waals surface area contributed by atoms with Crippen molar-refractivity contribution in [1.82, 2.24) is 4.98 Å². The van der Waals surface area contributed by atoms with E-state index in [4.69, 9.17) is 5.73 Å². The van der Waals surface area contributed by atoms with Crippen LogP contribution in [0.15, 0.2) is 30.3 Å². The van der Waals surface area contributed by atoms with Crippen LogP contribution in [0.1, 0.15) is 42.3 Å². The molecule has 1 atom stereocenters. The molecular weight excluding hydrogens is 294 g/mol. The lowest BCUT2D eigenvalue weighted by molar-refractivity contribution is -0.120. The summed E-state index contributed by atoms with van der Waals surface area (Å²) < 4.78 is 0. The average molecular weight is 315 g/mol. The molecule has 3 rings (SSSR count). The molecule has 0 fully saturated rings. The molecule has 1 aliphatic rings. The van der Waals surface area contributed by atoms with Gasteiger partial charge in [-0.25, -0.2) is 4.98 Å². The Labute approximate surface area is 134 Å². The fraction of sp³-hybridized carbons (Fsp3) is 0.412. The van der Waals surface area contributed by atoms with Gasteiger partial charge in [-0.2, -0.15) is 0 Å². The summed E-state index contributed by atoms with van der Waals surface area (Å²) in [6.45, 7) is 1.73. The summed E-state index contributed by atoms with van der Waals surface area (Å²) >= 11 is 1.59. The highest BCUT2D eigenvalue weighted by molar-refractivity contribution is 7.15. The zero-order chi connectivity index (χ0) is 15.6. The summed E-state index contributed by atoms with van der Waals surface area (Å²) in [5, 5.41) is 3.57. The Hall–Kier alpha value is -1.72. The maximum Gasteiger partial charge on any atom is 0.250 e. The maximum atomic E-state index is 12.5. The maximum absolute atomic E-state index is 12.5. The van der Waals surface area contributed by atoms with E-state index in [9.17, 15) is 4.79 Å². The molecule has 116 valence electrons. The van der Waals surface area contributed by atoms with Crippen LogP contribution in [0.4, 0.5) is 5.13 Å². The number of nitrogens with one attached hydrogen (secondary N) is 1. The van der Waals surface area contributed by atoms with E-state index in [0.717, 1.165) is 24.1 Å². The Kier molecular flexibility index (Phi) is 4.27. The molecule has 1 unspecified atom stereocenters. The number of amides is 1. The third-order valence-corrected chi connectivity index (χ3v) is 5.23. The van der Waals surface area contributed by atoms with Crippen LogP contribution >= 0.6 is 11.3 Å². The fourth-order valence-electron chi connectivity index (χ4n) is 2.72. The molecule has 1 aromatic heterocycles. The van der Waals surface area contributed by atoms with Crippen LogP contribution in [0.3, 0.4) is 0 Å². The summed E-state index contributed by atoms with van der Waals surface area (Å²) in [5.74, 6) is -0.220. The summed E-state index contributed by atoms with van der Waals surface area (Å²) in [7, 11) is 0. The van der Waals surface area contributed by atoms with Crippen molar-refractivity contribution >= 4 is 22.4 Å². The van der Waals surface area contributed by atoms with Gasteiger partial charge in [0.15, 0.2) is 5.13 Å². The first-order valence-electron chi connectivity index (χ1n) is 7.72. The summed E-state index contributed by atoms with van der Waals surface area (Å²) in [6.07, 6.45) is 5.74. The van der Waals surface area contributed by atoms with E-state index in [2.05, 4.69) is 10.3 Å². The van der Waals surface area contributed by atoms with Crippen molar-refractivity contribution in [2.75, 3.05) is 5.32 Å². The van der Waals surface area contributed by atoms with Gasteiger partial charge in [-0.15, -0.1) is 11.3 Å². The molecule has 5 heteroatoms. The largest absolute Gasteiger partial charge is 0.314 e. The Balaban J connectivity index is 1.77. The van der Waals surface area contributed by atoms with Gasteiger partial charge in [0.2, 0.25) is 0 Å². The number of anilines is 1. The molecule has 2 aromatic rings. The number of nitrogens with two attached hydrogens (primary N) is 1. The van der Waals surface area contributed by atoms with Crippen molar-refractivity contribution in [2.24, 2.45) is 5.73 Å². The van der Waals surface area contributed by atoms with Crippen LogP contribution in [-0.2, 0) is 23.2 Å². The monoisotopic (exact) mass is 315 g/mol. The quantitative estimate of drug-likeness (QED) is 0.855. The minimum atomic E-state index is -1.07. The second kappa shape index (κ2) is 6.18. The molecule has 0 radical (unpaired) electrons. The number of rotatable bonds is 3. The van der Waals surface area contributed by atoms with E-state index >= 15 is 0 Å².